The van der Waals surface area contributed by atoms with E-state index in [0.29, 0.717) is 39.1 Å². The number of likely N-dealkylation sites (N-methyl/N-ethyl adjacent to an activating group) is 1. The fraction of sp³-hybridized carbons (Fsp3) is 0.812. The maximum absolute atomic E-state index is 12.7. The minimum absolute atomic E-state index is 0. The lowest BCUT2D eigenvalue weighted by atomic mass is 9.81. The van der Waals surface area contributed by atoms with E-state index < -0.39 is 5.54 Å². The Morgan fingerprint density at radius 1 is 1.16 bits per heavy atom. The van der Waals surface area contributed by atoms with Crippen molar-refractivity contribution < 1.29 is 19.1 Å². The van der Waals surface area contributed by atoms with Crippen LogP contribution in [0.25, 0.3) is 0 Å². The molecule has 1 spiro atoms. The molecule has 8 nitrogen and oxygen atoms in total. The van der Waals surface area contributed by atoms with Crippen molar-refractivity contribution in [1.82, 2.24) is 20.4 Å². The van der Waals surface area contributed by atoms with Gasteiger partial charge in [0.1, 0.15) is 12.1 Å². The van der Waals surface area contributed by atoms with Gasteiger partial charge < -0.3 is 20.3 Å². The molecule has 2 fully saturated rings. The zero-order valence-electron chi connectivity index (χ0n) is 15.0. The topological polar surface area (TPSA) is 91.0 Å². The quantitative estimate of drug-likeness (QED) is 0.471. The number of urea groups is 1. The minimum Gasteiger partial charge on any atom is -0.383 e. The van der Waals surface area contributed by atoms with E-state index in [9.17, 15) is 14.4 Å². The van der Waals surface area contributed by atoms with Gasteiger partial charge in [0.05, 0.1) is 6.61 Å². The number of imide groups is 1. The second-order valence-corrected chi connectivity index (χ2v) is 6.42. The van der Waals surface area contributed by atoms with Gasteiger partial charge in [0, 0.05) is 33.8 Å². The van der Waals surface area contributed by atoms with Gasteiger partial charge in [-0.3, -0.25) is 14.5 Å². The second-order valence-electron chi connectivity index (χ2n) is 6.42. The maximum atomic E-state index is 12.7. The largest absolute Gasteiger partial charge is 0.383 e. The van der Waals surface area contributed by atoms with Gasteiger partial charge in [-0.2, -0.15) is 0 Å². The van der Waals surface area contributed by atoms with Gasteiger partial charge in [-0.1, -0.05) is 19.3 Å². The van der Waals surface area contributed by atoms with Crippen LogP contribution in [0.15, 0.2) is 0 Å². The second kappa shape index (κ2) is 9.94. The molecule has 2 N–H and O–H groups in total. The molecular formula is C16H29ClN4O4. The Kier molecular flexibility index (Phi) is 8.61. The van der Waals surface area contributed by atoms with Crippen LogP contribution in [0.3, 0.4) is 0 Å². The van der Waals surface area contributed by atoms with Crippen LogP contribution in [0.2, 0.25) is 0 Å². The third-order valence-electron chi connectivity index (χ3n) is 4.89. The van der Waals surface area contributed by atoms with Crippen molar-refractivity contribution in [2.24, 2.45) is 0 Å². The van der Waals surface area contributed by atoms with Gasteiger partial charge in [-0.15, -0.1) is 12.4 Å². The number of amides is 4. The summed E-state index contributed by atoms with van der Waals surface area (Å²) in [5.41, 5.74) is -0.725. The Morgan fingerprint density at radius 2 is 1.84 bits per heavy atom. The molecule has 0 atom stereocenters. The van der Waals surface area contributed by atoms with Crippen LogP contribution >= 0.6 is 12.4 Å². The normalized spacial score (nSPS) is 19.3. The van der Waals surface area contributed by atoms with Gasteiger partial charge in [0.15, 0.2) is 0 Å². The number of hydrogen-bond acceptors (Lipinski definition) is 5. The van der Waals surface area contributed by atoms with Crippen molar-refractivity contribution in [3.63, 3.8) is 0 Å². The highest BCUT2D eigenvalue weighted by molar-refractivity contribution is 6.08. The lowest BCUT2D eigenvalue weighted by Crippen LogP contribution is -2.49. The third kappa shape index (κ3) is 4.83. The highest BCUT2D eigenvalue weighted by Gasteiger charge is 2.55. The highest BCUT2D eigenvalue weighted by atomic mass is 35.5. The van der Waals surface area contributed by atoms with Crippen molar-refractivity contribution >= 4 is 30.3 Å². The molecular weight excluding hydrogens is 348 g/mol. The van der Waals surface area contributed by atoms with E-state index in [1.165, 1.54) is 4.90 Å². The Bertz CT molecular complexity index is 483. The Morgan fingerprint density at radius 3 is 2.48 bits per heavy atom. The molecule has 144 valence electrons. The number of methoxy groups -OCH3 is 1. The number of halogens is 1. The summed E-state index contributed by atoms with van der Waals surface area (Å²) < 4.78 is 4.91. The zero-order chi connectivity index (χ0) is 17.6. The van der Waals surface area contributed by atoms with E-state index in [2.05, 4.69) is 10.6 Å². The molecule has 9 heteroatoms. The summed E-state index contributed by atoms with van der Waals surface area (Å²) >= 11 is 0. The molecule has 2 rings (SSSR count). The number of carbonyl (C=O) groups excluding carboxylic acids is 3. The molecule has 0 aromatic carbocycles. The van der Waals surface area contributed by atoms with Crippen LogP contribution in [0.4, 0.5) is 4.79 Å². The van der Waals surface area contributed by atoms with Crippen LogP contribution in [-0.2, 0) is 14.3 Å². The summed E-state index contributed by atoms with van der Waals surface area (Å²) in [6, 6.07) is -0.365. The van der Waals surface area contributed by atoms with Gasteiger partial charge in [-0.05, 0) is 12.8 Å². The zero-order valence-corrected chi connectivity index (χ0v) is 15.8. The van der Waals surface area contributed by atoms with E-state index in [1.807, 2.05) is 0 Å². The fourth-order valence-corrected chi connectivity index (χ4v) is 3.46. The van der Waals surface area contributed by atoms with E-state index in [0.717, 1.165) is 24.2 Å². The Labute approximate surface area is 155 Å². The highest BCUT2D eigenvalue weighted by Crippen LogP contribution is 2.39. The van der Waals surface area contributed by atoms with E-state index >= 15 is 0 Å². The number of nitrogens with zero attached hydrogens (tertiary/aromatic N) is 2. The number of rotatable bonds is 8. The van der Waals surface area contributed by atoms with Crippen molar-refractivity contribution in [3.05, 3.63) is 0 Å². The van der Waals surface area contributed by atoms with Crippen LogP contribution in [0, 0.1) is 0 Å². The first-order valence-electron chi connectivity index (χ1n) is 8.59. The smallest absolute Gasteiger partial charge is 0.327 e. The Balaban J connectivity index is 0.00000312. The van der Waals surface area contributed by atoms with Crippen LogP contribution in [0.1, 0.15) is 32.1 Å². The molecule has 25 heavy (non-hydrogen) atoms. The predicted molar refractivity (Wildman–Crippen MR) is 95.7 cm³/mol. The summed E-state index contributed by atoms with van der Waals surface area (Å²) in [6.07, 6.45) is 4.35. The van der Waals surface area contributed by atoms with Crippen molar-refractivity contribution in [1.29, 1.82) is 0 Å². The molecule has 0 bridgehead atoms. The molecule has 0 unspecified atom stereocenters. The lowest BCUT2D eigenvalue weighted by molar-refractivity contribution is -0.137. The predicted octanol–water partition coefficient (Wildman–Crippen LogP) is 0.357. The molecule has 4 amide bonds. The van der Waals surface area contributed by atoms with Gasteiger partial charge in [0.25, 0.3) is 5.91 Å². The molecule has 1 saturated carbocycles. The first kappa shape index (κ1) is 21.7. The molecule has 0 aromatic heterocycles. The van der Waals surface area contributed by atoms with Crippen LogP contribution in [0.5, 0.6) is 0 Å². The number of nitrogens with one attached hydrogen (secondary N) is 2. The molecule has 1 saturated heterocycles. The summed E-state index contributed by atoms with van der Waals surface area (Å²) in [5, 5.41) is 5.84. The van der Waals surface area contributed by atoms with Crippen LogP contribution in [-0.4, -0.2) is 80.1 Å². The summed E-state index contributed by atoms with van der Waals surface area (Å²) in [4.78, 5) is 39.8. The first-order valence-corrected chi connectivity index (χ1v) is 8.59. The summed E-state index contributed by atoms with van der Waals surface area (Å²) in [7, 11) is 3.30. The standard InChI is InChI=1S/C16H28N4O4.ClH/c1-19-15(23)20(14(22)16(19)6-4-3-5-7-16)12-13(21)18-9-8-17-10-11-24-2;/h17H,3-12H2,1-2H3,(H,18,21);1H. The van der Waals surface area contributed by atoms with Crippen molar-refractivity contribution in [2.75, 3.05) is 46.9 Å². The maximum Gasteiger partial charge on any atom is 0.327 e. The van der Waals surface area contributed by atoms with E-state index in [-0.39, 0.29) is 36.8 Å². The van der Waals surface area contributed by atoms with E-state index in [4.69, 9.17) is 4.74 Å². The van der Waals surface area contributed by atoms with Gasteiger partial charge in [-0.25, -0.2) is 4.79 Å². The fourth-order valence-electron chi connectivity index (χ4n) is 3.46. The lowest BCUT2D eigenvalue weighted by Gasteiger charge is -2.35. The molecule has 0 aromatic rings. The number of carbonyl (C=O) groups is 3. The Hall–Kier alpha value is -1.38. The number of hydrogen-bond donors (Lipinski definition) is 2. The third-order valence-corrected chi connectivity index (χ3v) is 4.89. The molecule has 1 heterocycles. The molecule has 0 radical (unpaired) electrons. The summed E-state index contributed by atoms with van der Waals surface area (Å²) in [6.45, 7) is 2.17. The number of ether oxygens (including phenoxy) is 1. The first-order chi connectivity index (χ1) is 11.5. The van der Waals surface area contributed by atoms with Crippen LogP contribution < -0.4 is 10.6 Å². The average molecular weight is 377 g/mol. The van der Waals surface area contributed by atoms with E-state index in [1.54, 1.807) is 14.2 Å². The van der Waals surface area contributed by atoms with Crippen molar-refractivity contribution in [3.8, 4) is 0 Å². The SMILES string of the molecule is COCCNCCNC(=O)CN1C(=O)N(C)C2(CCCCC2)C1=O.Cl. The molecule has 1 aliphatic heterocycles. The van der Waals surface area contributed by atoms with Gasteiger partial charge >= 0.3 is 6.03 Å². The molecule has 1 aliphatic carbocycles. The van der Waals surface area contributed by atoms with Crippen molar-refractivity contribution in [2.45, 2.75) is 37.6 Å². The monoisotopic (exact) mass is 376 g/mol. The average Bonchev–Trinajstić information content (AvgIpc) is 2.75. The van der Waals surface area contributed by atoms with Gasteiger partial charge in [0.2, 0.25) is 5.91 Å². The molecule has 2 aliphatic rings. The minimum atomic E-state index is -0.725. The summed E-state index contributed by atoms with van der Waals surface area (Å²) in [5.74, 6) is -0.533.